The van der Waals surface area contributed by atoms with Gasteiger partial charge in [-0.25, -0.2) is 0 Å². The van der Waals surface area contributed by atoms with Crippen LogP contribution in [0.2, 0.25) is 0 Å². The van der Waals surface area contributed by atoms with Gasteiger partial charge in [0.25, 0.3) is 0 Å². The van der Waals surface area contributed by atoms with Crippen molar-refractivity contribution in [2.45, 2.75) is 25.3 Å². The van der Waals surface area contributed by atoms with Gasteiger partial charge in [-0.2, -0.15) is 0 Å². The molecular formula is C12H20ClNS. The van der Waals surface area contributed by atoms with Gasteiger partial charge in [0.1, 0.15) is 0 Å². The highest BCUT2D eigenvalue weighted by atomic mass is 35.5. The topological polar surface area (TPSA) is 12.0 Å². The van der Waals surface area contributed by atoms with Crippen LogP contribution in [0.4, 0.5) is 0 Å². The summed E-state index contributed by atoms with van der Waals surface area (Å²) in [5.74, 6) is 0.723. The Hall–Kier alpha value is -0.180. The fourth-order valence-corrected chi connectivity index (χ4v) is 1.66. The molecule has 0 saturated heterocycles. The number of hydrogen-bond acceptors (Lipinski definition) is 2. The second-order valence-electron chi connectivity index (χ2n) is 3.87. The summed E-state index contributed by atoms with van der Waals surface area (Å²) in [4.78, 5) is 1.33. The largest absolute Gasteiger partial charge is 0.312 e. The van der Waals surface area contributed by atoms with Crippen molar-refractivity contribution in [2.24, 2.45) is 5.92 Å². The Kier molecular flexibility index (Phi) is 7.93. The summed E-state index contributed by atoms with van der Waals surface area (Å²) in [7, 11) is 0. The van der Waals surface area contributed by atoms with Crippen LogP contribution in [0, 0.1) is 5.92 Å². The molecule has 0 heterocycles. The smallest absolute Gasteiger partial charge is 0.0205 e. The van der Waals surface area contributed by atoms with Crippen molar-refractivity contribution in [1.82, 2.24) is 5.32 Å². The van der Waals surface area contributed by atoms with E-state index >= 15 is 0 Å². The van der Waals surface area contributed by atoms with Crippen molar-refractivity contribution in [3.05, 3.63) is 29.8 Å². The van der Waals surface area contributed by atoms with Crippen LogP contribution in [-0.2, 0) is 6.54 Å². The summed E-state index contributed by atoms with van der Waals surface area (Å²) < 4.78 is 0. The van der Waals surface area contributed by atoms with Crippen LogP contribution in [0.5, 0.6) is 0 Å². The zero-order chi connectivity index (χ0) is 10.4. The van der Waals surface area contributed by atoms with E-state index in [2.05, 4.69) is 49.7 Å². The van der Waals surface area contributed by atoms with E-state index in [-0.39, 0.29) is 12.4 Å². The maximum absolute atomic E-state index is 3.43. The molecule has 1 aromatic carbocycles. The second kappa shape index (κ2) is 8.03. The van der Waals surface area contributed by atoms with Crippen molar-refractivity contribution < 1.29 is 0 Å². The number of benzene rings is 1. The molecule has 0 aliphatic heterocycles. The molecule has 0 aliphatic carbocycles. The average Bonchev–Trinajstić information content (AvgIpc) is 2.18. The molecule has 1 rings (SSSR count). The Morgan fingerprint density at radius 1 is 1.20 bits per heavy atom. The molecule has 0 atom stereocenters. The van der Waals surface area contributed by atoms with Crippen LogP contribution in [-0.4, -0.2) is 12.8 Å². The van der Waals surface area contributed by atoms with Crippen LogP contribution >= 0.6 is 24.2 Å². The predicted octanol–water partition coefficient (Wildman–Crippen LogP) is 3.58. The molecule has 0 unspecified atom stereocenters. The number of nitrogens with one attached hydrogen (secondary N) is 1. The monoisotopic (exact) mass is 245 g/mol. The van der Waals surface area contributed by atoms with E-state index in [9.17, 15) is 0 Å². The Balaban J connectivity index is 0.00000196. The van der Waals surface area contributed by atoms with Crippen LogP contribution in [0.15, 0.2) is 29.2 Å². The normalized spacial score (nSPS) is 10.1. The minimum absolute atomic E-state index is 0. The van der Waals surface area contributed by atoms with Crippen molar-refractivity contribution in [2.75, 3.05) is 12.8 Å². The quantitative estimate of drug-likeness (QED) is 0.796. The first-order chi connectivity index (χ1) is 6.72. The zero-order valence-electron chi connectivity index (χ0n) is 9.62. The van der Waals surface area contributed by atoms with E-state index < -0.39 is 0 Å². The summed E-state index contributed by atoms with van der Waals surface area (Å²) in [6, 6.07) is 8.74. The zero-order valence-corrected chi connectivity index (χ0v) is 11.3. The molecule has 0 saturated carbocycles. The highest BCUT2D eigenvalue weighted by Gasteiger charge is 1.95. The summed E-state index contributed by atoms with van der Waals surface area (Å²) in [5, 5.41) is 3.43. The first-order valence-electron chi connectivity index (χ1n) is 5.06. The molecule has 0 fully saturated rings. The Labute approximate surface area is 103 Å². The van der Waals surface area contributed by atoms with Crippen LogP contribution < -0.4 is 5.32 Å². The minimum Gasteiger partial charge on any atom is -0.312 e. The van der Waals surface area contributed by atoms with Gasteiger partial charge in [0.2, 0.25) is 0 Å². The molecule has 0 aromatic heterocycles. The number of hydrogen-bond donors (Lipinski definition) is 1. The standard InChI is InChI=1S/C12H19NS.ClH/c1-10(2)8-13-9-11-4-6-12(14-3)7-5-11;/h4-7,10,13H,8-9H2,1-3H3;1H. The van der Waals surface area contributed by atoms with E-state index in [0.29, 0.717) is 0 Å². The fraction of sp³-hybridized carbons (Fsp3) is 0.500. The van der Waals surface area contributed by atoms with E-state index in [1.807, 2.05) is 0 Å². The Morgan fingerprint density at radius 2 is 1.80 bits per heavy atom. The van der Waals surface area contributed by atoms with Gasteiger partial charge in [-0.15, -0.1) is 24.2 Å². The highest BCUT2D eigenvalue weighted by Crippen LogP contribution is 2.14. The van der Waals surface area contributed by atoms with Gasteiger partial charge in [-0.1, -0.05) is 26.0 Å². The molecule has 0 spiro atoms. The van der Waals surface area contributed by atoms with Gasteiger partial charge >= 0.3 is 0 Å². The molecule has 86 valence electrons. The van der Waals surface area contributed by atoms with Crippen molar-refractivity contribution in [1.29, 1.82) is 0 Å². The maximum atomic E-state index is 3.43. The predicted molar refractivity (Wildman–Crippen MR) is 72.0 cm³/mol. The van der Waals surface area contributed by atoms with Gasteiger partial charge in [-0.05, 0) is 36.4 Å². The van der Waals surface area contributed by atoms with Gasteiger partial charge in [-0.3, -0.25) is 0 Å². The third-order valence-corrected chi connectivity index (χ3v) is 2.78. The van der Waals surface area contributed by atoms with Crippen LogP contribution in [0.25, 0.3) is 0 Å². The molecule has 1 aromatic rings. The van der Waals surface area contributed by atoms with Gasteiger partial charge < -0.3 is 5.32 Å². The number of halogens is 1. The Bertz CT molecular complexity index is 259. The summed E-state index contributed by atoms with van der Waals surface area (Å²) in [6.45, 7) is 6.52. The summed E-state index contributed by atoms with van der Waals surface area (Å²) in [5.41, 5.74) is 1.36. The van der Waals surface area contributed by atoms with Crippen LogP contribution in [0.1, 0.15) is 19.4 Å². The average molecular weight is 246 g/mol. The summed E-state index contributed by atoms with van der Waals surface area (Å²) >= 11 is 1.79. The number of thioether (sulfide) groups is 1. The molecule has 0 aliphatic rings. The molecule has 0 bridgehead atoms. The lowest BCUT2D eigenvalue weighted by molar-refractivity contribution is 0.552. The molecule has 15 heavy (non-hydrogen) atoms. The lowest BCUT2D eigenvalue weighted by Gasteiger charge is -2.07. The van der Waals surface area contributed by atoms with Crippen molar-refractivity contribution in [3.63, 3.8) is 0 Å². The van der Waals surface area contributed by atoms with Crippen molar-refractivity contribution in [3.8, 4) is 0 Å². The molecule has 1 N–H and O–H groups in total. The van der Waals surface area contributed by atoms with Gasteiger partial charge in [0.15, 0.2) is 0 Å². The number of rotatable bonds is 5. The first kappa shape index (κ1) is 14.8. The first-order valence-corrected chi connectivity index (χ1v) is 6.28. The van der Waals surface area contributed by atoms with E-state index in [0.717, 1.165) is 19.0 Å². The minimum atomic E-state index is 0. The lowest BCUT2D eigenvalue weighted by atomic mass is 10.2. The fourth-order valence-electron chi connectivity index (χ4n) is 1.25. The third kappa shape index (κ3) is 6.08. The van der Waals surface area contributed by atoms with E-state index in [4.69, 9.17) is 0 Å². The van der Waals surface area contributed by atoms with Crippen molar-refractivity contribution >= 4 is 24.2 Å². The Morgan fingerprint density at radius 3 is 2.27 bits per heavy atom. The molecule has 3 heteroatoms. The van der Waals surface area contributed by atoms with E-state index in [1.54, 1.807) is 11.8 Å². The van der Waals surface area contributed by atoms with Gasteiger partial charge in [0.05, 0.1) is 0 Å². The van der Waals surface area contributed by atoms with E-state index in [1.165, 1.54) is 10.5 Å². The van der Waals surface area contributed by atoms with Gasteiger partial charge in [0, 0.05) is 11.4 Å². The molecular weight excluding hydrogens is 226 g/mol. The SMILES string of the molecule is CSc1ccc(CNCC(C)C)cc1.Cl. The lowest BCUT2D eigenvalue weighted by Crippen LogP contribution is -2.18. The molecule has 0 amide bonds. The maximum Gasteiger partial charge on any atom is 0.0205 e. The highest BCUT2D eigenvalue weighted by molar-refractivity contribution is 7.98. The molecule has 0 radical (unpaired) electrons. The molecule has 1 nitrogen and oxygen atoms in total. The second-order valence-corrected chi connectivity index (χ2v) is 4.75. The third-order valence-electron chi connectivity index (χ3n) is 2.04. The van der Waals surface area contributed by atoms with Crippen LogP contribution in [0.3, 0.4) is 0 Å². The summed E-state index contributed by atoms with van der Waals surface area (Å²) in [6.07, 6.45) is 2.10.